The molecule has 3 aromatic rings. The second-order valence-corrected chi connectivity index (χ2v) is 24.9. The van der Waals surface area contributed by atoms with Crippen LogP contribution in [0.3, 0.4) is 0 Å². The van der Waals surface area contributed by atoms with Crippen LogP contribution in [0, 0.1) is 0 Å². The summed E-state index contributed by atoms with van der Waals surface area (Å²) in [7, 11) is -4.01. The first-order valence-corrected chi connectivity index (χ1v) is 20.2. The Kier molecular flexibility index (Phi) is 8.25. The van der Waals surface area contributed by atoms with Gasteiger partial charge in [0.25, 0.3) is 0 Å². The van der Waals surface area contributed by atoms with E-state index in [9.17, 15) is 0 Å². The van der Waals surface area contributed by atoms with E-state index in [4.69, 9.17) is 23.1 Å². The standard InChI is InChI=1S/C30H46N4O5Si2/c1-29(2,3)41(30(4,5)6)37-18-22-24(39-41)25(36-17-21-13-11-10-12-14-21)28(38-22)34-20-33-23-26(34)31-19-32-27(23)35-15-16-40(7,8)9/h10-14,19-20,22,24-25,28H,15-18H2,1-9H3/t22-,24-,25-,28-/m1/s1. The van der Waals surface area contributed by atoms with Gasteiger partial charge in [0.1, 0.15) is 24.6 Å². The number of hydrogen-bond donors (Lipinski definition) is 0. The van der Waals surface area contributed by atoms with Crippen LogP contribution >= 0.6 is 0 Å². The second-order valence-electron chi connectivity index (χ2n) is 14.5. The predicted octanol–water partition coefficient (Wildman–Crippen LogP) is 6.48. The molecule has 2 aromatic heterocycles. The van der Waals surface area contributed by atoms with Crippen molar-refractivity contribution in [3.05, 3.63) is 48.5 Å². The number of ether oxygens (including phenoxy) is 3. The predicted molar refractivity (Wildman–Crippen MR) is 164 cm³/mol. The van der Waals surface area contributed by atoms with Crippen molar-refractivity contribution in [2.45, 2.75) is 108 Å². The topological polar surface area (TPSA) is 89.8 Å². The minimum Gasteiger partial charge on any atom is -0.476 e. The summed E-state index contributed by atoms with van der Waals surface area (Å²) in [5.74, 6) is 0.496. The van der Waals surface area contributed by atoms with E-state index in [0.29, 0.717) is 36.9 Å². The molecule has 2 aliphatic rings. The highest BCUT2D eigenvalue weighted by atomic mass is 28.4. The Morgan fingerprint density at radius 2 is 1.71 bits per heavy atom. The van der Waals surface area contributed by atoms with E-state index in [1.807, 2.05) is 22.8 Å². The summed E-state index contributed by atoms with van der Waals surface area (Å²) in [6.45, 7) is 21.8. The van der Waals surface area contributed by atoms with Gasteiger partial charge in [0, 0.05) is 18.2 Å². The molecule has 9 nitrogen and oxygen atoms in total. The molecule has 0 aliphatic carbocycles. The quantitative estimate of drug-likeness (QED) is 0.272. The third-order valence-electron chi connectivity index (χ3n) is 7.99. The van der Waals surface area contributed by atoms with Crippen LogP contribution in [0.1, 0.15) is 53.3 Å². The van der Waals surface area contributed by atoms with Crippen molar-refractivity contribution < 1.29 is 23.1 Å². The fourth-order valence-electron chi connectivity index (χ4n) is 6.07. The summed E-state index contributed by atoms with van der Waals surface area (Å²) in [6, 6.07) is 11.2. The molecule has 5 rings (SSSR count). The Bertz CT molecular complexity index is 1320. The molecule has 41 heavy (non-hydrogen) atoms. The van der Waals surface area contributed by atoms with Crippen LogP contribution < -0.4 is 4.74 Å². The lowest BCUT2D eigenvalue weighted by molar-refractivity contribution is -0.0807. The summed E-state index contributed by atoms with van der Waals surface area (Å²) in [6.07, 6.45) is 1.81. The average molecular weight is 599 g/mol. The molecule has 0 spiro atoms. The maximum atomic E-state index is 7.16. The van der Waals surface area contributed by atoms with Crippen molar-refractivity contribution in [2.75, 3.05) is 13.2 Å². The highest BCUT2D eigenvalue weighted by Crippen LogP contribution is 2.56. The summed E-state index contributed by atoms with van der Waals surface area (Å²) in [5, 5.41) is -0.315. The number of imidazole rings is 1. The lowest BCUT2D eigenvalue weighted by Gasteiger charge is -2.53. The largest absolute Gasteiger partial charge is 0.476 e. The van der Waals surface area contributed by atoms with Crippen molar-refractivity contribution in [2.24, 2.45) is 0 Å². The van der Waals surface area contributed by atoms with Crippen LogP contribution in [-0.2, 0) is 24.9 Å². The van der Waals surface area contributed by atoms with E-state index in [1.165, 1.54) is 6.33 Å². The molecule has 0 amide bonds. The molecule has 0 saturated carbocycles. The Labute approximate surface area is 246 Å². The third-order valence-corrected chi connectivity index (χ3v) is 14.8. The van der Waals surface area contributed by atoms with Crippen molar-refractivity contribution in [3.63, 3.8) is 0 Å². The van der Waals surface area contributed by atoms with Gasteiger partial charge in [-0.15, -0.1) is 0 Å². The molecule has 2 fully saturated rings. The van der Waals surface area contributed by atoms with E-state index in [-0.39, 0.29) is 22.3 Å². The van der Waals surface area contributed by atoms with Crippen LogP contribution in [-0.4, -0.2) is 67.7 Å². The average Bonchev–Trinajstić information content (AvgIpc) is 3.47. The molecule has 0 N–H and O–H groups in total. The molecule has 2 aliphatic heterocycles. The SMILES string of the molecule is CC(C)(C)[Si]1(C(C)(C)C)OC[C@H]2O[C@@H](n3cnc4c(OCC[Si](C)(C)C)ncnc43)[C@H](OCc3ccccc3)[C@@H]2O1. The normalized spacial score (nSPS) is 24.9. The fourth-order valence-corrected chi connectivity index (χ4v) is 11.7. The molecular weight excluding hydrogens is 553 g/mol. The highest BCUT2D eigenvalue weighted by Gasteiger charge is 2.65. The zero-order valence-corrected chi connectivity index (χ0v) is 28.0. The van der Waals surface area contributed by atoms with Crippen molar-refractivity contribution in [1.82, 2.24) is 19.5 Å². The molecule has 0 bridgehead atoms. The Hall–Kier alpha value is -2.16. The monoisotopic (exact) mass is 598 g/mol. The zero-order chi connectivity index (χ0) is 29.6. The van der Waals surface area contributed by atoms with Gasteiger partial charge in [0.2, 0.25) is 5.88 Å². The van der Waals surface area contributed by atoms with Gasteiger partial charge in [0.05, 0.1) is 26.1 Å². The minimum atomic E-state index is -2.76. The molecule has 4 atom stereocenters. The van der Waals surface area contributed by atoms with Crippen LogP contribution in [0.4, 0.5) is 0 Å². The van der Waals surface area contributed by atoms with E-state index >= 15 is 0 Å². The van der Waals surface area contributed by atoms with Crippen LogP contribution in [0.25, 0.3) is 11.2 Å². The number of aromatic nitrogens is 4. The molecule has 224 valence electrons. The molecule has 4 heterocycles. The number of rotatable bonds is 8. The summed E-state index contributed by atoms with van der Waals surface area (Å²) in [4.78, 5) is 13.7. The number of benzene rings is 1. The van der Waals surface area contributed by atoms with Crippen molar-refractivity contribution in [1.29, 1.82) is 0 Å². The molecule has 2 saturated heterocycles. The Balaban J connectivity index is 1.49. The zero-order valence-electron chi connectivity index (χ0n) is 26.0. The first kappa shape index (κ1) is 30.3. The smallest absolute Gasteiger partial charge is 0.349 e. The van der Waals surface area contributed by atoms with Gasteiger partial charge in [-0.2, -0.15) is 4.98 Å². The third kappa shape index (κ3) is 6.02. The maximum absolute atomic E-state index is 7.16. The van der Waals surface area contributed by atoms with Crippen molar-refractivity contribution in [3.8, 4) is 5.88 Å². The van der Waals surface area contributed by atoms with Gasteiger partial charge in [-0.3, -0.25) is 4.57 Å². The molecule has 0 radical (unpaired) electrons. The lowest BCUT2D eigenvalue weighted by Crippen LogP contribution is -2.65. The number of hydrogen-bond acceptors (Lipinski definition) is 8. The van der Waals surface area contributed by atoms with Crippen molar-refractivity contribution >= 4 is 27.8 Å². The molecule has 0 unspecified atom stereocenters. The van der Waals surface area contributed by atoms with Gasteiger partial charge < -0.3 is 23.1 Å². The molecule has 11 heteroatoms. The number of nitrogens with zero attached hydrogens (tertiary/aromatic N) is 4. The molecule has 1 aromatic carbocycles. The van der Waals surface area contributed by atoms with Gasteiger partial charge in [-0.05, 0) is 11.6 Å². The van der Waals surface area contributed by atoms with E-state index in [2.05, 4.69) is 88.3 Å². The van der Waals surface area contributed by atoms with E-state index < -0.39 is 29.0 Å². The van der Waals surface area contributed by atoms with Gasteiger partial charge >= 0.3 is 8.56 Å². The first-order chi connectivity index (χ1) is 19.2. The summed E-state index contributed by atoms with van der Waals surface area (Å²) in [5.41, 5.74) is 2.36. The minimum absolute atomic E-state index is 0.157. The molecular formula is C30H46N4O5Si2. The lowest BCUT2D eigenvalue weighted by atomic mass is 10.1. The van der Waals surface area contributed by atoms with E-state index in [1.54, 1.807) is 6.33 Å². The van der Waals surface area contributed by atoms with E-state index in [0.717, 1.165) is 11.6 Å². The van der Waals surface area contributed by atoms with Crippen LogP contribution in [0.15, 0.2) is 43.0 Å². The fraction of sp³-hybridized carbons (Fsp3) is 0.633. The van der Waals surface area contributed by atoms with Crippen LogP contribution in [0.2, 0.25) is 35.8 Å². The summed E-state index contributed by atoms with van der Waals surface area (Å²) < 4.78 is 35.3. The summed E-state index contributed by atoms with van der Waals surface area (Å²) >= 11 is 0. The van der Waals surface area contributed by atoms with Gasteiger partial charge in [0.15, 0.2) is 17.4 Å². The maximum Gasteiger partial charge on any atom is 0.349 e. The second kappa shape index (κ2) is 11.2. The number of fused-ring (bicyclic) bond motifs is 2. The first-order valence-electron chi connectivity index (χ1n) is 14.6. The van der Waals surface area contributed by atoms with Gasteiger partial charge in [-0.25, -0.2) is 9.97 Å². The Morgan fingerprint density at radius 1 is 1.00 bits per heavy atom. The highest BCUT2D eigenvalue weighted by molar-refractivity contribution is 6.76. The van der Waals surface area contributed by atoms with Gasteiger partial charge in [-0.1, -0.05) is 91.5 Å². The Morgan fingerprint density at radius 3 is 2.37 bits per heavy atom. The van der Waals surface area contributed by atoms with Crippen LogP contribution in [0.5, 0.6) is 5.88 Å².